The molecule has 19 heavy (non-hydrogen) atoms. The number of hydrogen-bond donors (Lipinski definition) is 3. The van der Waals surface area contributed by atoms with Crippen molar-refractivity contribution in [2.45, 2.75) is 31.5 Å². The molecule has 2 amide bonds. The lowest BCUT2D eigenvalue weighted by Crippen LogP contribution is -2.46. The normalized spacial score (nSPS) is 24.2. The molecule has 0 aromatic carbocycles. The SMILES string of the molecule is CC(NC(=O)N1CC(O)CC1C(=O)O)c1ccsc1. The summed E-state index contributed by atoms with van der Waals surface area (Å²) in [6.45, 7) is 1.89. The van der Waals surface area contributed by atoms with E-state index in [2.05, 4.69) is 5.32 Å². The summed E-state index contributed by atoms with van der Waals surface area (Å²) < 4.78 is 0. The van der Waals surface area contributed by atoms with Gasteiger partial charge >= 0.3 is 12.0 Å². The molecule has 6 nitrogen and oxygen atoms in total. The number of thiophene rings is 1. The Labute approximate surface area is 114 Å². The molecule has 1 aliphatic rings. The minimum atomic E-state index is -1.09. The third kappa shape index (κ3) is 3.05. The maximum Gasteiger partial charge on any atom is 0.326 e. The summed E-state index contributed by atoms with van der Waals surface area (Å²) >= 11 is 1.53. The minimum absolute atomic E-state index is 0.0547. The second kappa shape index (κ2) is 5.58. The van der Waals surface area contributed by atoms with Gasteiger partial charge in [0.1, 0.15) is 6.04 Å². The van der Waals surface area contributed by atoms with Crippen LogP contribution < -0.4 is 5.32 Å². The molecule has 7 heteroatoms. The fourth-order valence-corrected chi connectivity index (χ4v) is 2.90. The summed E-state index contributed by atoms with van der Waals surface area (Å²) in [5, 5.41) is 25.1. The number of β-amino-alcohol motifs (C(OH)–C–C–N with tert-alkyl or cyclic N) is 1. The van der Waals surface area contributed by atoms with Crippen molar-refractivity contribution in [3.05, 3.63) is 22.4 Å². The molecule has 0 bridgehead atoms. The number of amides is 2. The van der Waals surface area contributed by atoms with Crippen LogP contribution in [0, 0.1) is 0 Å². The number of urea groups is 1. The Morgan fingerprint density at radius 3 is 2.89 bits per heavy atom. The van der Waals surface area contributed by atoms with Crippen LogP contribution in [0.3, 0.4) is 0 Å². The lowest BCUT2D eigenvalue weighted by atomic mass is 10.2. The van der Waals surface area contributed by atoms with Crippen LogP contribution in [-0.4, -0.2) is 45.8 Å². The van der Waals surface area contributed by atoms with Gasteiger partial charge in [0.05, 0.1) is 12.1 Å². The van der Waals surface area contributed by atoms with Gasteiger partial charge in [0.25, 0.3) is 0 Å². The van der Waals surface area contributed by atoms with Gasteiger partial charge in [0.2, 0.25) is 0 Å². The molecule has 1 saturated heterocycles. The van der Waals surface area contributed by atoms with Crippen LogP contribution in [0.2, 0.25) is 0 Å². The standard InChI is InChI=1S/C12H16N2O4S/c1-7(8-2-3-19-6-8)13-12(18)14-5-9(15)4-10(14)11(16)17/h2-3,6-7,9-10,15H,4-5H2,1H3,(H,13,18)(H,16,17). The number of nitrogens with zero attached hydrogens (tertiary/aromatic N) is 1. The maximum absolute atomic E-state index is 12.1. The van der Waals surface area contributed by atoms with Gasteiger partial charge < -0.3 is 20.4 Å². The molecule has 1 aromatic heterocycles. The van der Waals surface area contributed by atoms with Crippen molar-refractivity contribution in [1.82, 2.24) is 10.2 Å². The quantitative estimate of drug-likeness (QED) is 0.773. The number of carbonyl (C=O) groups is 2. The van der Waals surface area contributed by atoms with Crippen LogP contribution in [0.5, 0.6) is 0 Å². The molecule has 0 saturated carbocycles. The van der Waals surface area contributed by atoms with Gasteiger partial charge in [-0.15, -0.1) is 0 Å². The number of aliphatic carboxylic acids is 1. The number of likely N-dealkylation sites (tertiary alicyclic amines) is 1. The van der Waals surface area contributed by atoms with Crippen LogP contribution in [0.15, 0.2) is 16.8 Å². The number of nitrogens with one attached hydrogen (secondary N) is 1. The molecule has 3 unspecified atom stereocenters. The number of carboxylic acids is 1. The topological polar surface area (TPSA) is 89.9 Å². The van der Waals surface area contributed by atoms with E-state index < -0.39 is 24.1 Å². The van der Waals surface area contributed by atoms with E-state index in [1.54, 1.807) is 0 Å². The van der Waals surface area contributed by atoms with E-state index in [0.717, 1.165) is 5.56 Å². The molecule has 1 fully saturated rings. The van der Waals surface area contributed by atoms with Gasteiger partial charge in [-0.05, 0) is 29.3 Å². The Morgan fingerprint density at radius 2 is 2.32 bits per heavy atom. The first-order valence-corrected chi connectivity index (χ1v) is 6.93. The van der Waals surface area contributed by atoms with E-state index in [1.165, 1.54) is 16.2 Å². The largest absolute Gasteiger partial charge is 0.480 e. The third-order valence-electron chi connectivity index (χ3n) is 3.21. The molecule has 3 N–H and O–H groups in total. The van der Waals surface area contributed by atoms with E-state index in [4.69, 9.17) is 5.11 Å². The lowest BCUT2D eigenvalue weighted by molar-refractivity contribution is -0.141. The number of rotatable bonds is 3. The zero-order valence-electron chi connectivity index (χ0n) is 10.4. The highest BCUT2D eigenvalue weighted by molar-refractivity contribution is 7.07. The van der Waals surface area contributed by atoms with Crippen molar-refractivity contribution >= 4 is 23.3 Å². The summed E-state index contributed by atoms with van der Waals surface area (Å²) in [7, 11) is 0. The Bertz CT molecular complexity index is 462. The van der Waals surface area contributed by atoms with Crippen molar-refractivity contribution in [2.24, 2.45) is 0 Å². The average molecular weight is 284 g/mol. The monoisotopic (exact) mass is 284 g/mol. The van der Waals surface area contributed by atoms with Gasteiger partial charge in [-0.3, -0.25) is 0 Å². The van der Waals surface area contributed by atoms with Crippen molar-refractivity contribution in [2.75, 3.05) is 6.54 Å². The molecule has 1 aromatic rings. The van der Waals surface area contributed by atoms with Gasteiger partial charge in [-0.1, -0.05) is 0 Å². The molecule has 0 spiro atoms. The molecule has 1 aliphatic heterocycles. The maximum atomic E-state index is 12.1. The molecule has 104 valence electrons. The van der Waals surface area contributed by atoms with E-state index >= 15 is 0 Å². The molecular formula is C12H16N2O4S. The summed E-state index contributed by atoms with van der Waals surface area (Å²) in [4.78, 5) is 24.3. The molecule has 0 aliphatic carbocycles. The van der Waals surface area contributed by atoms with Gasteiger partial charge in [-0.25, -0.2) is 9.59 Å². The van der Waals surface area contributed by atoms with E-state index in [1.807, 2.05) is 23.8 Å². The second-order valence-corrected chi connectivity index (χ2v) is 5.40. The van der Waals surface area contributed by atoms with Crippen molar-refractivity contribution < 1.29 is 19.8 Å². The number of aliphatic hydroxyl groups is 1. The first kappa shape index (κ1) is 13.8. The van der Waals surface area contributed by atoms with E-state index in [9.17, 15) is 14.7 Å². The zero-order valence-corrected chi connectivity index (χ0v) is 11.3. The summed E-state index contributed by atoms with van der Waals surface area (Å²) in [5.41, 5.74) is 0.977. The highest BCUT2D eigenvalue weighted by atomic mass is 32.1. The molecule has 2 rings (SSSR count). The minimum Gasteiger partial charge on any atom is -0.480 e. The van der Waals surface area contributed by atoms with Crippen LogP contribution in [-0.2, 0) is 4.79 Å². The number of hydrogen-bond acceptors (Lipinski definition) is 4. The first-order chi connectivity index (χ1) is 8.99. The highest BCUT2D eigenvalue weighted by Gasteiger charge is 2.39. The predicted octanol–water partition coefficient (Wildman–Crippen LogP) is 1.04. The summed E-state index contributed by atoms with van der Waals surface area (Å²) in [6, 6.07) is 0.307. The van der Waals surface area contributed by atoms with Crippen molar-refractivity contribution in [3.63, 3.8) is 0 Å². The Morgan fingerprint density at radius 1 is 1.58 bits per heavy atom. The lowest BCUT2D eigenvalue weighted by Gasteiger charge is -2.23. The Balaban J connectivity index is 2.01. The first-order valence-electron chi connectivity index (χ1n) is 5.99. The van der Waals surface area contributed by atoms with E-state index in [0.29, 0.717) is 0 Å². The van der Waals surface area contributed by atoms with E-state index in [-0.39, 0.29) is 19.0 Å². The molecule has 3 atom stereocenters. The summed E-state index contributed by atoms with van der Waals surface area (Å²) in [6.07, 6.45) is -0.696. The van der Waals surface area contributed by atoms with Crippen LogP contribution >= 0.6 is 11.3 Å². The van der Waals surface area contributed by atoms with Gasteiger partial charge in [0, 0.05) is 13.0 Å². The predicted molar refractivity (Wildman–Crippen MR) is 70.0 cm³/mol. The van der Waals surface area contributed by atoms with Crippen molar-refractivity contribution in [3.8, 4) is 0 Å². The van der Waals surface area contributed by atoms with Gasteiger partial charge in [0.15, 0.2) is 0 Å². The van der Waals surface area contributed by atoms with Crippen LogP contribution in [0.25, 0.3) is 0 Å². The number of carbonyl (C=O) groups excluding carboxylic acids is 1. The van der Waals surface area contributed by atoms with Crippen LogP contribution in [0.1, 0.15) is 24.9 Å². The smallest absolute Gasteiger partial charge is 0.326 e. The number of carboxylic acid groups (broad SMARTS) is 1. The fraction of sp³-hybridized carbons (Fsp3) is 0.500. The van der Waals surface area contributed by atoms with Crippen molar-refractivity contribution in [1.29, 1.82) is 0 Å². The average Bonchev–Trinajstić information content (AvgIpc) is 2.96. The van der Waals surface area contributed by atoms with Gasteiger partial charge in [-0.2, -0.15) is 11.3 Å². The zero-order chi connectivity index (χ0) is 14.0. The third-order valence-corrected chi connectivity index (χ3v) is 3.91. The molecule has 2 heterocycles. The Hall–Kier alpha value is -1.60. The molecule has 0 radical (unpaired) electrons. The highest BCUT2D eigenvalue weighted by Crippen LogP contribution is 2.20. The summed E-state index contributed by atoms with van der Waals surface area (Å²) in [5.74, 6) is -1.09. The number of aliphatic hydroxyl groups excluding tert-OH is 1. The second-order valence-electron chi connectivity index (χ2n) is 4.62. The Kier molecular flexibility index (Phi) is 4.06. The van der Waals surface area contributed by atoms with Crippen LogP contribution in [0.4, 0.5) is 4.79 Å². The molecular weight excluding hydrogens is 268 g/mol. The fourth-order valence-electron chi connectivity index (χ4n) is 2.15.